The number of aliphatic hydroxyl groups is 8. The van der Waals surface area contributed by atoms with Gasteiger partial charge in [-0.3, -0.25) is 4.79 Å². The Morgan fingerprint density at radius 3 is 1.51 bits per heavy atom. The number of rotatable bonds is 38. The van der Waals surface area contributed by atoms with Crippen molar-refractivity contribution in [1.29, 1.82) is 0 Å². The molecule has 2 aliphatic heterocycles. The van der Waals surface area contributed by atoms with Crippen LogP contribution < -0.4 is 5.32 Å². The van der Waals surface area contributed by atoms with Crippen molar-refractivity contribution in [2.24, 2.45) is 0 Å². The molecule has 2 saturated heterocycles. The smallest absolute Gasteiger partial charge is 0.220 e. The second-order valence-corrected chi connectivity index (χ2v) is 17.9. The molecule has 0 aliphatic carbocycles. The summed E-state index contributed by atoms with van der Waals surface area (Å²) < 4.78 is 22.6. The molecule has 0 aromatic rings. The van der Waals surface area contributed by atoms with E-state index < -0.39 is 86.8 Å². The van der Waals surface area contributed by atoms with E-state index in [9.17, 15) is 45.6 Å². The quantitative estimate of drug-likeness (QED) is 0.0239. The normalized spacial score (nSPS) is 27.4. The summed E-state index contributed by atoms with van der Waals surface area (Å²) in [5, 5.41) is 86.7. The molecular formula is C51H91NO13. The molecule has 12 unspecified atom stereocenters. The van der Waals surface area contributed by atoms with Crippen molar-refractivity contribution < 1.29 is 64.6 Å². The van der Waals surface area contributed by atoms with Crippen LogP contribution in [0.15, 0.2) is 48.6 Å². The van der Waals surface area contributed by atoms with Gasteiger partial charge in [0.25, 0.3) is 0 Å². The molecule has 14 heteroatoms. The maximum absolute atomic E-state index is 13.2. The molecule has 0 saturated carbocycles. The number of hydrogen-bond acceptors (Lipinski definition) is 13. The van der Waals surface area contributed by atoms with Gasteiger partial charge in [0.1, 0.15) is 48.8 Å². The Balaban J connectivity index is 1.89. The summed E-state index contributed by atoms with van der Waals surface area (Å²) in [5.74, 6) is -0.265. The van der Waals surface area contributed by atoms with Gasteiger partial charge in [0.2, 0.25) is 5.91 Å². The summed E-state index contributed by atoms with van der Waals surface area (Å²) in [7, 11) is 0. The molecule has 2 fully saturated rings. The van der Waals surface area contributed by atoms with Crippen LogP contribution >= 0.6 is 0 Å². The highest BCUT2D eigenvalue weighted by Gasteiger charge is 2.51. The molecule has 0 bridgehead atoms. The lowest BCUT2D eigenvalue weighted by Gasteiger charge is -2.46. The lowest BCUT2D eigenvalue weighted by Crippen LogP contribution is -2.65. The van der Waals surface area contributed by atoms with Crippen LogP contribution in [0.25, 0.3) is 0 Å². The highest BCUT2D eigenvalue weighted by molar-refractivity contribution is 5.76. The number of amides is 1. The molecule has 9 N–H and O–H groups in total. The van der Waals surface area contributed by atoms with Crippen LogP contribution in [0.3, 0.4) is 0 Å². The van der Waals surface area contributed by atoms with Gasteiger partial charge in [-0.05, 0) is 70.6 Å². The molecule has 14 nitrogen and oxygen atoms in total. The van der Waals surface area contributed by atoms with Crippen LogP contribution in [-0.2, 0) is 23.7 Å². The van der Waals surface area contributed by atoms with Gasteiger partial charge in [-0.1, -0.05) is 146 Å². The Bertz CT molecular complexity index is 1280. The molecular weight excluding hydrogens is 835 g/mol. The van der Waals surface area contributed by atoms with E-state index in [1.165, 1.54) is 77.0 Å². The number of aliphatic hydroxyl groups excluding tert-OH is 8. The van der Waals surface area contributed by atoms with Crippen LogP contribution in [0.5, 0.6) is 0 Å². The first-order chi connectivity index (χ1) is 31.6. The number of carbonyl (C=O) groups is 1. The van der Waals surface area contributed by atoms with Crippen molar-refractivity contribution in [3.05, 3.63) is 48.6 Å². The lowest BCUT2D eigenvalue weighted by atomic mass is 9.97. The van der Waals surface area contributed by atoms with Gasteiger partial charge in [-0.15, -0.1) is 0 Å². The molecule has 12 atom stereocenters. The van der Waals surface area contributed by atoms with Gasteiger partial charge in [-0.2, -0.15) is 0 Å². The fourth-order valence-electron chi connectivity index (χ4n) is 8.02. The first-order valence-electron chi connectivity index (χ1n) is 25.4. The predicted molar refractivity (Wildman–Crippen MR) is 254 cm³/mol. The number of nitrogens with one attached hydrogen (secondary N) is 1. The van der Waals surface area contributed by atoms with Gasteiger partial charge in [-0.25, -0.2) is 0 Å². The Hall–Kier alpha value is -2.05. The van der Waals surface area contributed by atoms with Crippen molar-refractivity contribution >= 4 is 5.91 Å². The molecule has 2 heterocycles. The fraction of sp³-hybridized carbons (Fsp3) is 0.824. The summed E-state index contributed by atoms with van der Waals surface area (Å²) in [6.45, 7) is 2.72. The second-order valence-electron chi connectivity index (χ2n) is 17.9. The lowest BCUT2D eigenvalue weighted by molar-refractivity contribution is -0.359. The summed E-state index contributed by atoms with van der Waals surface area (Å²) >= 11 is 0. The van der Waals surface area contributed by atoms with Crippen molar-refractivity contribution in [1.82, 2.24) is 5.32 Å². The highest BCUT2D eigenvalue weighted by Crippen LogP contribution is 2.30. The van der Waals surface area contributed by atoms with Crippen molar-refractivity contribution in [2.75, 3.05) is 19.8 Å². The van der Waals surface area contributed by atoms with Gasteiger partial charge >= 0.3 is 0 Å². The van der Waals surface area contributed by atoms with E-state index in [0.717, 1.165) is 64.2 Å². The minimum atomic E-state index is -1.79. The monoisotopic (exact) mass is 926 g/mol. The zero-order chi connectivity index (χ0) is 47.5. The number of ether oxygens (including phenoxy) is 4. The Morgan fingerprint density at radius 1 is 0.538 bits per heavy atom. The van der Waals surface area contributed by atoms with Gasteiger partial charge in [0, 0.05) is 6.42 Å². The largest absolute Gasteiger partial charge is 0.394 e. The molecule has 0 aromatic heterocycles. The summed E-state index contributed by atoms with van der Waals surface area (Å²) in [4.78, 5) is 13.2. The predicted octanol–water partition coefficient (Wildman–Crippen LogP) is 6.49. The Kier molecular flexibility index (Phi) is 34.4. The molecule has 0 radical (unpaired) electrons. The number of hydrogen-bond donors (Lipinski definition) is 9. The first-order valence-corrected chi connectivity index (χ1v) is 25.4. The second kappa shape index (κ2) is 37.9. The first kappa shape index (κ1) is 59.1. The third-order valence-corrected chi connectivity index (χ3v) is 12.2. The summed E-state index contributed by atoms with van der Waals surface area (Å²) in [6, 6.07) is -0.941. The standard InChI is InChI=1S/C51H91NO13/c1-3-5-7-9-11-13-15-17-19-21-23-25-27-29-31-33-35-43(56)52-39(40(55)34-32-30-28-26-24-22-20-18-16-14-12-10-8-6-4-2)38-62-50-48(61)46(59)49(42(37-54)64-50)65-51-47(60)45(58)44(57)41(36-53)63-51/h16,18-19,21,24,26,32,34,39-42,44-51,53-55,57-61H,3-15,17,20,22-23,25,27-31,33,35-38H2,1-2H3,(H,52,56)/b18-16+,21-19-,26-24+,34-32+. The average Bonchev–Trinajstić information content (AvgIpc) is 3.30. The summed E-state index contributed by atoms with van der Waals surface area (Å²) in [6.07, 6.45) is 27.2. The summed E-state index contributed by atoms with van der Waals surface area (Å²) in [5.41, 5.74) is 0. The SMILES string of the molecule is CCCCCCC/C=C/CC/C=C/CC/C=C/C(O)C(COC1OC(CO)C(OC2OC(CO)C(O)C(O)C2O)C(O)C1O)NC(=O)CCCCCCC/C=C\CCCCCCCCC. The molecule has 2 aliphatic rings. The molecule has 0 aromatic carbocycles. The molecule has 378 valence electrons. The maximum atomic E-state index is 13.2. The van der Waals surface area contributed by atoms with Crippen LogP contribution in [-0.4, -0.2) is 140 Å². The third kappa shape index (κ3) is 25.2. The number of allylic oxidation sites excluding steroid dienone is 7. The molecule has 0 spiro atoms. The average molecular weight is 926 g/mol. The zero-order valence-electron chi connectivity index (χ0n) is 40.0. The highest BCUT2D eigenvalue weighted by atomic mass is 16.7. The van der Waals surface area contributed by atoms with Gasteiger partial charge < -0.3 is 65.1 Å². The van der Waals surface area contributed by atoms with E-state index in [-0.39, 0.29) is 18.9 Å². The Labute approximate surface area is 391 Å². The van der Waals surface area contributed by atoms with E-state index in [1.54, 1.807) is 6.08 Å². The Morgan fingerprint density at radius 2 is 0.985 bits per heavy atom. The maximum Gasteiger partial charge on any atom is 0.220 e. The van der Waals surface area contributed by atoms with Crippen LogP contribution in [0.2, 0.25) is 0 Å². The van der Waals surface area contributed by atoms with E-state index in [4.69, 9.17) is 18.9 Å². The van der Waals surface area contributed by atoms with Crippen molar-refractivity contribution in [3.63, 3.8) is 0 Å². The third-order valence-electron chi connectivity index (χ3n) is 12.2. The minimum Gasteiger partial charge on any atom is -0.394 e. The zero-order valence-corrected chi connectivity index (χ0v) is 40.0. The van der Waals surface area contributed by atoms with Gasteiger partial charge in [0.15, 0.2) is 12.6 Å². The fourth-order valence-corrected chi connectivity index (χ4v) is 8.02. The van der Waals surface area contributed by atoms with Crippen LogP contribution in [0.1, 0.15) is 174 Å². The molecule has 2 rings (SSSR count). The number of unbranched alkanes of at least 4 members (excludes halogenated alkanes) is 19. The molecule has 1 amide bonds. The number of carbonyl (C=O) groups excluding carboxylic acids is 1. The van der Waals surface area contributed by atoms with Crippen LogP contribution in [0, 0.1) is 0 Å². The van der Waals surface area contributed by atoms with E-state index in [1.807, 2.05) is 6.08 Å². The van der Waals surface area contributed by atoms with E-state index in [2.05, 4.69) is 55.6 Å². The van der Waals surface area contributed by atoms with Crippen molar-refractivity contribution in [3.8, 4) is 0 Å². The minimum absolute atomic E-state index is 0.259. The van der Waals surface area contributed by atoms with Gasteiger partial charge in [0.05, 0.1) is 32.0 Å². The van der Waals surface area contributed by atoms with E-state index >= 15 is 0 Å². The van der Waals surface area contributed by atoms with E-state index in [0.29, 0.717) is 12.8 Å². The molecule has 65 heavy (non-hydrogen) atoms. The van der Waals surface area contributed by atoms with Crippen LogP contribution in [0.4, 0.5) is 0 Å². The topological polar surface area (TPSA) is 228 Å². The van der Waals surface area contributed by atoms with Crippen molar-refractivity contribution in [2.45, 2.75) is 248 Å².